The normalized spacial score (nSPS) is 11.6. The summed E-state index contributed by atoms with van der Waals surface area (Å²) in [5.41, 5.74) is 7.06. The minimum atomic E-state index is 0.539. The fraction of sp³-hybridized carbons (Fsp3) is 0.0345. The highest BCUT2D eigenvalue weighted by molar-refractivity contribution is 5.91. The Hall–Kier alpha value is -4.84. The van der Waals surface area contributed by atoms with Gasteiger partial charge in [-0.3, -0.25) is 4.40 Å². The molecule has 0 spiro atoms. The number of hydrogen-bond donors (Lipinski definition) is 0. The minimum Gasteiger partial charge on any atom is -0.276 e. The van der Waals surface area contributed by atoms with E-state index in [2.05, 4.69) is 41.7 Å². The molecule has 0 N–H and O–H groups in total. The largest absolute Gasteiger partial charge is 0.276 e. The molecule has 4 aromatic carbocycles. The quantitative estimate of drug-likeness (QED) is 0.318. The van der Waals surface area contributed by atoms with E-state index in [9.17, 15) is 0 Å². The van der Waals surface area contributed by atoms with Crippen LogP contribution in [0, 0.1) is 6.92 Å². The van der Waals surface area contributed by atoms with Gasteiger partial charge in [-0.1, -0.05) is 78.4 Å². The molecule has 7 rings (SSSR count). The number of fused-ring (bicyclic) bond motifs is 5. The first-order valence-electron chi connectivity index (χ1n) is 11.5. The molecule has 35 heavy (non-hydrogen) atoms. The number of imidazole rings is 2. The molecule has 0 unspecified atom stereocenters. The van der Waals surface area contributed by atoms with Crippen molar-refractivity contribution >= 4 is 27.8 Å². The molecule has 0 saturated carbocycles. The van der Waals surface area contributed by atoms with E-state index in [0.29, 0.717) is 17.6 Å². The molecule has 0 radical (unpaired) electrons. The summed E-state index contributed by atoms with van der Waals surface area (Å²) in [5, 5.41) is 0. The molecule has 0 aliphatic rings. The van der Waals surface area contributed by atoms with Crippen molar-refractivity contribution in [1.29, 1.82) is 0 Å². The van der Waals surface area contributed by atoms with Gasteiger partial charge in [-0.2, -0.15) is 9.97 Å². The van der Waals surface area contributed by atoms with E-state index in [0.717, 1.165) is 44.5 Å². The zero-order valence-corrected chi connectivity index (χ0v) is 19.0. The summed E-state index contributed by atoms with van der Waals surface area (Å²) < 4.78 is 4.20. The van der Waals surface area contributed by atoms with E-state index in [-0.39, 0.29) is 0 Å². The fourth-order valence-corrected chi connectivity index (χ4v) is 4.64. The maximum atomic E-state index is 4.97. The molecule has 3 heterocycles. The topological polar surface area (TPSA) is 60.9 Å². The Morgan fingerprint density at radius 3 is 2.00 bits per heavy atom. The van der Waals surface area contributed by atoms with Crippen LogP contribution in [0.4, 0.5) is 0 Å². The molecule has 0 atom stereocenters. The Morgan fingerprint density at radius 1 is 0.543 bits per heavy atom. The average Bonchev–Trinajstić information content (AvgIpc) is 3.43. The highest BCUT2D eigenvalue weighted by atomic mass is 15.3. The van der Waals surface area contributed by atoms with E-state index in [1.54, 1.807) is 0 Å². The molecular formula is C29H20N6. The van der Waals surface area contributed by atoms with Crippen LogP contribution in [-0.2, 0) is 0 Å². The molecule has 6 heteroatoms. The van der Waals surface area contributed by atoms with Gasteiger partial charge in [-0.25, -0.2) is 14.5 Å². The van der Waals surface area contributed by atoms with Crippen LogP contribution in [0.3, 0.4) is 0 Å². The number of nitrogens with zero attached hydrogens (tertiary/aromatic N) is 6. The Balaban J connectivity index is 1.59. The average molecular weight is 453 g/mol. The number of rotatable bonds is 3. The Labute approximate surface area is 201 Å². The summed E-state index contributed by atoms with van der Waals surface area (Å²) in [6.45, 7) is 2.07. The van der Waals surface area contributed by atoms with E-state index < -0.39 is 0 Å². The predicted molar refractivity (Wildman–Crippen MR) is 139 cm³/mol. The van der Waals surface area contributed by atoms with Gasteiger partial charge in [0.25, 0.3) is 0 Å². The van der Waals surface area contributed by atoms with Crippen LogP contribution >= 0.6 is 0 Å². The van der Waals surface area contributed by atoms with Crippen LogP contribution in [0.15, 0.2) is 103 Å². The fourth-order valence-electron chi connectivity index (χ4n) is 4.64. The first-order chi connectivity index (χ1) is 17.3. The van der Waals surface area contributed by atoms with Crippen LogP contribution < -0.4 is 0 Å². The Bertz CT molecular complexity index is 1860. The maximum absolute atomic E-state index is 4.97. The van der Waals surface area contributed by atoms with Crippen LogP contribution in [-0.4, -0.2) is 28.9 Å². The van der Waals surface area contributed by atoms with Crippen molar-refractivity contribution < 1.29 is 0 Å². The van der Waals surface area contributed by atoms with Crippen molar-refractivity contribution in [2.24, 2.45) is 0 Å². The number of aryl methyl sites for hydroxylation is 1. The van der Waals surface area contributed by atoms with Crippen molar-refractivity contribution in [2.45, 2.75) is 6.92 Å². The first-order valence-corrected chi connectivity index (χ1v) is 11.5. The van der Waals surface area contributed by atoms with Gasteiger partial charge in [0.1, 0.15) is 0 Å². The second kappa shape index (κ2) is 7.60. The second-order valence-electron chi connectivity index (χ2n) is 8.58. The summed E-state index contributed by atoms with van der Waals surface area (Å²) in [6, 6.07) is 34.7. The van der Waals surface area contributed by atoms with Crippen molar-refractivity contribution in [3.05, 3.63) is 109 Å². The molecule has 0 amide bonds. The molecule has 166 valence electrons. The number of aromatic nitrogens is 6. The molecule has 0 aliphatic heterocycles. The zero-order valence-electron chi connectivity index (χ0n) is 19.0. The summed E-state index contributed by atoms with van der Waals surface area (Å²) in [7, 11) is 0. The zero-order chi connectivity index (χ0) is 23.4. The van der Waals surface area contributed by atoms with Gasteiger partial charge in [-0.05, 0) is 37.3 Å². The summed E-state index contributed by atoms with van der Waals surface area (Å²) in [5.74, 6) is 2.56. The smallest absolute Gasteiger partial charge is 0.241 e. The third-order valence-corrected chi connectivity index (χ3v) is 6.24. The van der Waals surface area contributed by atoms with Crippen molar-refractivity contribution in [1.82, 2.24) is 28.9 Å². The van der Waals surface area contributed by atoms with E-state index in [1.165, 1.54) is 0 Å². The molecule has 0 saturated heterocycles. The van der Waals surface area contributed by atoms with Gasteiger partial charge in [0.2, 0.25) is 11.7 Å². The first kappa shape index (κ1) is 19.6. The van der Waals surface area contributed by atoms with Crippen molar-refractivity contribution in [3.8, 4) is 28.7 Å². The van der Waals surface area contributed by atoms with Gasteiger partial charge in [0, 0.05) is 11.1 Å². The second-order valence-corrected chi connectivity index (χ2v) is 8.58. The standard InChI is InChI=1S/C29H20N6/c1-19-10-9-13-21(18-19)27-31-26(20-11-3-2-4-12-20)32-28(33-27)35-25-17-8-7-16-24(25)34-23-15-6-5-14-22(23)30-29(34)35/h2-18H,1H3. The summed E-state index contributed by atoms with van der Waals surface area (Å²) in [6.07, 6.45) is 0. The minimum absolute atomic E-state index is 0.539. The maximum Gasteiger partial charge on any atom is 0.241 e. The molecular weight excluding hydrogens is 432 g/mol. The highest BCUT2D eigenvalue weighted by Gasteiger charge is 2.20. The lowest BCUT2D eigenvalue weighted by Gasteiger charge is -2.10. The SMILES string of the molecule is Cc1cccc(-c2nc(-c3ccccc3)nc(-n3c4ccccc4n4c5ccccc5nc34)n2)c1. The van der Waals surface area contributed by atoms with Crippen LogP contribution in [0.1, 0.15) is 5.56 Å². The van der Waals surface area contributed by atoms with Crippen LogP contribution in [0.5, 0.6) is 0 Å². The lowest BCUT2D eigenvalue weighted by molar-refractivity contribution is 0.937. The van der Waals surface area contributed by atoms with Crippen molar-refractivity contribution in [2.75, 3.05) is 0 Å². The van der Waals surface area contributed by atoms with Crippen molar-refractivity contribution in [3.63, 3.8) is 0 Å². The Morgan fingerprint density at radius 2 is 1.20 bits per heavy atom. The Kier molecular flexibility index (Phi) is 4.26. The van der Waals surface area contributed by atoms with Gasteiger partial charge < -0.3 is 0 Å². The van der Waals surface area contributed by atoms with Gasteiger partial charge in [0.15, 0.2) is 11.6 Å². The van der Waals surface area contributed by atoms with Gasteiger partial charge >= 0.3 is 0 Å². The predicted octanol–water partition coefficient (Wildman–Crippen LogP) is 6.26. The summed E-state index contributed by atoms with van der Waals surface area (Å²) in [4.78, 5) is 19.8. The third kappa shape index (κ3) is 3.11. The van der Waals surface area contributed by atoms with Gasteiger partial charge in [0.05, 0.1) is 22.1 Å². The molecule has 3 aromatic heterocycles. The van der Waals surface area contributed by atoms with Gasteiger partial charge in [-0.15, -0.1) is 0 Å². The van der Waals surface area contributed by atoms with Crippen LogP contribution in [0.25, 0.3) is 56.6 Å². The molecule has 6 nitrogen and oxygen atoms in total. The van der Waals surface area contributed by atoms with E-state index in [4.69, 9.17) is 19.9 Å². The number of hydrogen-bond acceptors (Lipinski definition) is 4. The van der Waals surface area contributed by atoms with Crippen LogP contribution in [0.2, 0.25) is 0 Å². The number of benzene rings is 4. The van der Waals surface area contributed by atoms with E-state index >= 15 is 0 Å². The van der Waals surface area contributed by atoms with E-state index in [1.807, 2.05) is 77.4 Å². The molecule has 0 fully saturated rings. The molecule has 7 aromatic rings. The summed E-state index contributed by atoms with van der Waals surface area (Å²) >= 11 is 0. The lowest BCUT2D eigenvalue weighted by atomic mass is 10.1. The monoisotopic (exact) mass is 452 g/mol. The molecule has 0 bridgehead atoms. The molecule has 0 aliphatic carbocycles. The third-order valence-electron chi connectivity index (χ3n) is 6.24. The lowest BCUT2D eigenvalue weighted by Crippen LogP contribution is -2.07. The highest BCUT2D eigenvalue weighted by Crippen LogP contribution is 2.29. The number of para-hydroxylation sites is 4.